The minimum Gasteiger partial charge on any atom is -0.466 e. The van der Waals surface area contributed by atoms with Gasteiger partial charge in [0, 0.05) is 6.54 Å². The number of furan rings is 1. The highest BCUT2D eigenvalue weighted by molar-refractivity contribution is 5.74. The predicted octanol–water partition coefficient (Wildman–Crippen LogP) is 2.40. The fourth-order valence-corrected chi connectivity index (χ4v) is 2.56. The Morgan fingerprint density at radius 2 is 1.92 bits per heavy atom. The van der Waals surface area contributed by atoms with E-state index in [1.54, 1.807) is 19.1 Å². The molecular formula is C19H27N3O3. The number of urea groups is 1. The Morgan fingerprint density at radius 3 is 2.48 bits per heavy atom. The Hall–Kier alpha value is -2.31. The van der Waals surface area contributed by atoms with Gasteiger partial charge in [-0.1, -0.05) is 29.8 Å². The minimum absolute atomic E-state index is 0.0590. The Balaban J connectivity index is 1.88. The number of hydrogen-bond donors (Lipinski definition) is 3. The largest absolute Gasteiger partial charge is 0.466 e. The van der Waals surface area contributed by atoms with E-state index in [1.807, 2.05) is 21.0 Å². The van der Waals surface area contributed by atoms with E-state index < -0.39 is 5.60 Å². The van der Waals surface area contributed by atoms with Crippen molar-refractivity contribution >= 4 is 6.03 Å². The normalized spacial score (nSPS) is 14.8. The van der Waals surface area contributed by atoms with E-state index in [-0.39, 0.29) is 18.6 Å². The number of benzene rings is 1. The zero-order valence-electron chi connectivity index (χ0n) is 15.2. The van der Waals surface area contributed by atoms with Crippen molar-refractivity contribution in [3.63, 3.8) is 0 Å². The van der Waals surface area contributed by atoms with Crippen molar-refractivity contribution in [2.24, 2.45) is 0 Å². The lowest BCUT2D eigenvalue weighted by Gasteiger charge is -2.26. The number of nitrogens with zero attached hydrogens (tertiary/aromatic N) is 1. The molecule has 0 aliphatic rings. The van der Waals surface area contributed by atoms with Crippen LogP contribution in [0.4, 0.5) is 4.79 Å². The van der Waals surface area contributed by atoms with Crippen molar-refractivity contribution in [1.29, 1.82) is 0 Å². The molecule has 0 aliphatic heterocycles. The Morgan fingerprint density at radius 1 is 1.24 bits per heavy atom. The van der Waals surface area contributed by atoms with E-state index in [0.717, 1.165) is 5.56 Å². The summed E-state index contributed by atoms with van der Waals surface area (Å²) in [4.78, 5) is 14.1. The van der Waals surface area contributed by atoms with E-state index in [1.165, 1.54) is 11.8 Å². The second kappa shape index (κ2) is 8.18. The summed E-state index contributed by atoms with van der Waals surface area (Å²) in [5.41, 5.74) is 1.09. The lowest BCUT2D eigenvalue weighted by molar-refractivity contribution is 0.0367. The lowest BCUT2D eigenvalue weighted by atomic mass is 10.0. The van der Waals surface area contributed by atoms with Crippen LogP contribution in [0.3, 0.4) is 0 Å². The van der Waals surface area contributed by atoms with Gasteiger partial charge in [-0.2, -0.15) is 0 Å². The van der Waals surface area contributed by atoms with Gasteiger partial charge in [-0.25, -0.2) is 4.79 Å². The molecule has 6 nitrogen and oxygen atoms in total. The van der Waals surface area contributed by atoms with Gasteiger partial charge in [0.1, 0.15) is 11.4 Å². The topological polar surface area (TPSA) is 77.7 Å². The van der Waals surface area contributed by atoms with Gasteiger partial charge >= 0.3 is 6.03 Å². The van der Waals surface area contributed by atoms with Crippen LogP contribution >= 0.6 is 0 Å². The van der Waals surface area contributed by atoms with Gasteiger partial charge in [0.25, 0.3) is 0 Å². The van der Waals surface area contributed by atoms with Crippen LogP contribution < -0.4 is 10.6 Å². The molecule has 0 aliphatic carbocycles. The molecule has 2 rings (SSSR count). The van der Waals surface area contributed by atoms with Gasteiger partial charge in [0.05, 0.1) is 18.8 Å². The Kier molecular flexibility index (Phi) is 6.22. The van der Waals surface area contributed by atoms with E-state index in [9.17, 15) is 9.90 Å². The van der Waals surface area contributed by atoms with Gasteiger partial charge in [0.15, 0.2) is 0 Å². The zero-order valence-corrected chi connectivity index (χ0v) is 15.2. The number of amides is 2. The SMILES string of the molecule is Cc1ccc(C(CNC(=O)NCC(C)(O)c2ccco2)N(C)C)cc1. The fraction of sp³-hybridized carbons (Fsp3) is 0.421. The van der Waals surface area contributed by atoms with Crippen molar-refractivity contribution in [1.82, 2.24) is 15.5 Å². The quantitative estimate of drug-likeness (QED) is 0.720. The maximum Gasteiger partial charge on any atom is 0.314 e. The van der Waals surface area contributed by atoms with Crippen LogP contribution in [-0.4, -0.2) is 43.2 Å². The summed E-state index contributed by atoms with van der Waals surface area (Å²) in [6.45, 7) is 4.17. The van der Waals surface area contributed by atoms with Crippen molar-refractivity contribution in [2.45, 2.75) is 25.5 Å². The van der Waals surface area contributed by atoms with Gasteiger partial charge < -0.3 is 25.1 Å². The molecule has 0 saturated heterocycles. The second-order valence-electron chi connectivity index (χ2n) is 6.70. The molecule has 6 heteroatoms. The lowest BCUT2D eigenvalue weighted by Crippen LogP contribution is -2.45. The Labute approximate surface area is 148 Å². The average Bonchev–Trinajstić information content (AvgIpc) is 3.10. The first-order chi connectivity index (χ1) is 11.8. The summed E-state index contributed by atoms with van der Waals surface area (Å²) in [5, 5.41) is 15.9. The van der Waals surface area contributed by atoms with Gasteiger partial charge in [0.2, 0.25) is 0 Å². The molecule has 136 valence electrons. The number of carbonyl (C=O) groups excluding carboxylic acids is 1. The van der Waals surface area contributed by atoms with Crippen molar-refractivity contribution in [3.05, 3.63) is 59.5 Å². The third-order valence-electron chi connectivity index (χ3n) is 4.19. The highest BCUT2D eigenvalue weighted by Crippen LogP contribution is 2.20. The average molecular weight is 345 g/mol. The van der Waals surface area contributed by atoms with Crippen molar-refractivity contribution < 1.29 is 14.3 Å². The number of likely N-dealkylation sites (N-methyl/N-ethyl adjacent to an activating group) is 1. The number of aryl methyl sites for hydroxylation is 1. The first-order valence-electron chi connectivity index (χ1n) is 8.30. The number of hydrogen-bond acceptors (Lipinski definition) is 4. The third-order valence-corrected chi connectivity index (χ3v) is 4.19. The van der Waals surface area contributed by atoms with Crippen molar-refractivity contribution in [3.8, 4) is 0 Å². The van der Waals surface area contributed by atoms with Crippen LogP contribution in [0.5, 0.6) is 0 Å². The van der Waals surface area contributed by atoms with Crippen LogP contribution in [0, 0.1) is 6.92 Å². The van der Waals surface area contributed by atoms with E-state index in [4.69, 9.17) is 4.42 Å². The number of carbonyl (C=O) groups is 1. The first-order valence-corrected chi connectivity index (χ1v) is 8.30. The number of rotatable bonds is 7. The molecule has 1 heterocycles. The molecule has 2 unspecified atom stereocenters. The molecular weight excluding hydrogens is 318 g/mol. The second-order valence-corrected chi connectivity index (χ2v) is 6.70. The molecule has 0 fully saturated rings. The highest BCUT2D eigenvalue weighted by atomic mass is 16.4. The van der Waals surface area contributed by atoms with Crippen LogP contribution in [-0.2, 0) is 5.60 Å². The van der Waals surface area contributed by atoms with Crippen LogP contribution in [0.25, 0.3) is 0 Å². The minimum atomic E-state index is -1.25. The summed E-state index contributed by atoms with van der Waals surface area (Å²) < 4.78 is 5.20. The fourth-order valence-electron chi connectivity index (χ4n) is 2.56. The molecule has 2 amide bonds. The summed E-state index contributed by atoms with van der Waals surface area (Å²) in [7, 11) is 3.96. The first kappa shape index (κ1) is 19.0. The van der Waals surface area contributed by atoms with Crippen LogP contribution in [0.15, 0.2) is 47.1 Å². The summed E-state index contributed by atoms with van der Waals surface area (Å²) in [6.07, 6.45) is 1.49. The molecule has 0 saturated carbocycles. The van der Waals surface area contributed by atoms with Gasteiger partial charge in [-0.15, -0.1) is 0 Å². The summed E-state index contributed by atoms with van der Waals surface area (Å²) in [5.74, 6) is 0.415. The monoisotopic (exact) mass is 345 g/mol. The molecule has 25 heavy (non-hydrogen) atoms. The van der Waals surface area contributed by atoms with E-state index in [0.29, 0.717) is 12.3 Å². The molecule has 0 spiro atoms. The Bertz CT molecular complexity index is 664. The number of nitrogens with one attached hydrogen (secondary N) is 2. The molecule has 2 aromatic rings. The maximum atomic E-state index is 12.1. The predicted molar refractivity (Wildman–Crippen MR) is 97.3 cm³/mol. The standard InChI is InChI=1S/C19H27N3O3/c1-14-7-9-15(10-8-14)16(22(3)4)12-20-18(23)21-13-19(2,24)17-6-5-11-25-17/h5-11,16,24H,12-13H2,1-4H3,(H2,20,21,23). The van der Waals surface area contributed by atoms with Crippen LogP contribution in [0.1, 0.15) is 29.9 Å². The summed E-state index contributed by atoms with van der Waals surface area (Å²) in [6, 6.07) is 11.4. The van der Waals surface area contributed by atoms with E-state index >= 15 is 0 Å². The molecule has 0 bridgehead atoms. The van der Waals surface area contributed by atoms with Crippen LogP contribution in [0.2, 0.25) is 0 Å². The molecule has 2 atom stereocenters. The van der Waals surface area contributed by atoms with E-state index in [2.05, 4.69) is 39.8 Å². The number of aliphatic hydroxyl groups is 1. The molecule has 1 aromatic heterocycles. The molecule has 3 N–H and O–H groups in total. The summed E-state index contributed by atoms with van der Waals surface area (Å²) >= 11 is 0. The van der Waals surface area contributed by atoms with Gasteiger partial charge in [-0.3, -0.25) is 0 Å². The highest BCUT2D eigenvalue weighted by Gasteiger charge is 2.27. The zero-order chi connectivity index (χ0) is 18.4. The maximum absolute atomic E-state index is 12.1. The smallest absolute Gasteiger partial charge is 0.314 e. The molecule has 1 aromatic carbocycles. The van der Waals surface area contributed by atoms with Gasteiger partial charge in [-0.05, 0) is 45.6 Å². The molecule has 0 radical (unpaired) electrons. The third kappa shape index (κ3) is 5.34. The van der Waals surface area contributed by atoms with Crippen molar-refractivity contribution in [2.75, 3.05) is 27.2 Å².